The van der Waals surface area contributed by atoms with E-state index in [0.717, 1.165) is 34.4 Å². The van der Waals surface area contributed by atoms with Gasteiger partial charge in [0.2, 0.25) is 5.91 Å². The molecule has 0 spiro atoms. The number of carbonyl (C=O) groups is 3. The fraction of sp³-hybridized carbons (Fsp3) is 0.125. The predicted octanol–water partition coefficient (Wildman–Crippen LogP) is 4.14. The number of benzene rings is 3. The number of hydrogen-bond acceptors (Lipinski definition) is 4. The first kappa shape index (κ1) is 21.9. The van der Waals surface area contributed by atoms with E-state index in [1.54, 1.807) is 0 Å². The summed E-state index contributed by atoms with van der Waals surface area (Å²) in [6.45, 7) is -0.508. The summed E-state index contributed by atoms with van der Waals surface area (Å²) in [5, 5.41) is 13.2. The van der Waals surface area contributed by atoms with Crippen molar-refractivity contribution >= 4 is 23.7 Å². The second-order valence-corrected chi connectivity index (χ2v) is 7.32. The summed E-state index contributed by atoms with van der Waals surface area (Å²) < 4.78 is 32.9. The van der Waals surface area contributed by atoms with Crippen LogP contribution in [0, 0.1) is 11.6 Å². The van der Waals surface area contributed by atoms with Crippen LogP contribution in [0.15, 0.2) is 60.7 Å². The van der Waals surface area contributed by atoms with E-state index in [-0.39, 0.29) is 12.5 Å². The third-order valence-corrected chi connectivity index (χ3v) is 5.32. The first-order valence-electron chi connectivity index (χ1n) is 9.96. The van der Waals surface area contributed by atoms with E-state index in [1.807, 2.05) is 48.5 Å². The van der Waals surface area contributed by atoms with E-state index in [9.17, 15) is 23.2 Å². The van der Waals surface area contributed by atoms with Crippen LogP contribution in [-0.4, -0.2) is 36.2 Å². The standard InChI is InChI=1S/C24H18F2N2O5/c25-18-9-10-19(22(26)21(18)23(30)31)28-20(29)11-27-24(32)33-12-17-15-7-3-1-5-13(15)14-6-2-4-8-16(14)17/h1-10,17H,11-12H2,(H,27,32)(H,28,29)(H,30,31). The summed E-state index contributed by atoms with van der Waals surface area (Å²) in [4.78, 5) is 35.1. The van der Waals surface area contributed by atoms with Crippen molar-refractivity contribution in [1.29, 1.82) is 0 Å². The molecule has 1 aliphatic rings. The fourth-order valence-corrected chi connectivity index (χ4v) is 3.84. The molecule has 9 heteroatoms. The Balaban J connectivity index is 1.34. The molecule has 0 fully saturated rings. The summed E-state index contributed by atoms with van der Waals surface area (Å²) in [5.41, 5.74) is 2.51. The average molecular weight is 452 g/mol. The summed E-state index contributed by atoms with van der Waals surface area (Å²) in [5.74, 6) is -5.49. The summed E-state index contributed by atoms with van der Waals surface area (Å²) in [6, 6.07) is 17.3. The van der Waals surface area contributed by atoms with Gasteiger partial charge in [-0.05, 0) is 34.4 Å². The van der Waals surface area contributed by atoms with Crippen LogP contribution in [-0.2, 0) is 9.53 Å². The highest BCUT2D eigenvalue weighted by atomic mass is 19.1. The van der Waals surface area contributed by atoms with Crippen molar-refractivity contribution in [2.75, 3.05) is 18.5 Å². The molecule has 0 radical (unpaired) electrons. The lowest BCUT2D eigenvalue weighted by Crippen LogP contribution is -2.34. The van der Waals surface area contributed by atoms with Crippen molar-refractivity contribution in [3.63, 3.8) is 0 Å². The van der Waals surface area contributed by atoms with Gasteiger partial charge in [-0.15, -0.1) is 0 Å². The number of anilines is 1. The van der Waals surface area contributed by atoms with Crippen LogP contribution in [0.5, 0.6) is 0 Å². The maximum absolute atomic E-state index is 14.1. The van der Waals surface area contributed by atoms with Crippen molar-refractivity contribution in [2.24, 2.45) is 0 Å². The number of fused-ring (bicyclic) bond motifs is 3. The molecule has 2 amide bonds. The van der Waals surface area contributed by atoms with Gasteiger partial charge >= 0.3 is 12.1 Å². The molecule has 168 valence electrons. The van der Waals surface area contributed by atoms with Crippen molar-refractivity contribution in [3.8, 4) is 11.1 Å². The second kappa shape index (κ2) is 9.07. The molecule has 0 bridgehead atoms. The lowest BCUT2D eigenvalue weighted by atomic mass is 9.98. The Morgan fingerprint density at radius 3 is 2.12 bits per heavy atom. The minimum Gasteiger partial charge on any atom is -0.477 e. The smallest absolute Gasteiger partial charge is 0.407 e. The van der Waals surface area contributed by atoms with Gasteiger partial charge in [-0.3, -0.25) is 4.79 Å². The van der Waals surface area contributed by atoms with Crippen LogP contribution >= 0.6 is 0 Å². The van der Waals surface area contributed by atoms with Crippen molar-refractivity contribution < 1.29 is 33.0 Å². The molecule has 0 atom stereocenters. The van der Waals surface area contributed by atoms with Gasteiger partial charge in [-0.2, -0.15) is 0 Å². The van der Waals surface area contributed by atoms with Gasteiger partial charge in [-0.1, -0.05) is 48.5 Å². The highest BCUT2D eigenvalue weighted by Gasteiger charge is 2.29. The van der Waals surface area contributed by atoms with E-state index in [2.05, 4.69) is 10.6 Å². The fourth-order valence-electron chi connectivity index (χ4n) is 3.84. The van der Waals surface area contributed by atoms with Crippen molar-refractivity contribution in [2.45, 2.75) is 5.92 Å². The monoisotopic (exact) mass is 452 g/mol. The van der Waals surface area contributed by atoms with E-state index in [1.165, 1.54) is 0 Å². The van der Waals surface area contributed by atoms with Gasteiger partial charge in [0, 0.05) is 5.92 Å². The Hall–Kier alpha value is -4.27. The van der Waals surface area contributed by atoms with Crippen molar-refractivity contribution in [3.05, 3.63) is 89.0 Å². The van der Waals surface area contributed by atoms with Crippen LogP contribution in [0.1, 0.15) is 27.4 Å². The van der Waals surface area contributed by atoms with Crippen LogP contribution < -0.4 is 10.6 Å². The maximum atomic E-state index is 14.1. The number of halogens is 2. The molecule has 7 nitrogen and oxygen atoms in total. The SMILES string of the molecule is O=C(CNC(=O)OCC1c2ccccc2-c2ccccc21)Nc1ccc(F)c(C(=O)O)c1F. The molecule has 0 unspecified atom stereocenters. The number of rotatable bonds is 6. The molecule has 3 N–H and O–H groups in total. The predicted molar refractivity (Wildman–Crippen MR) is 115 cm³/mol. The molecule has 3 aromatic rings. The molecular formula is C24H18F2N2O5. The first-order chi connectivity index (χ1) is 15.9. The number of ether oxygens (including phenoxy) is 1. The van der Waals surface area contributed by atoms with E-state index >= 15 is 0 Å². The Kier molecular flexibility index (Phi) is 6.03. The highest BCUT2D eigenvalue weighted by Crippen LogP contribution is 2.44. The molecule has 33 heavy (non-hydrogen) atoms. The molecule has 0 heterocycles. The third kappa shape index (κ3) is 4.38. The van der Waals surface area contributed by atoms with Crippen LogP contribution in [0.25, 0.3) is 11.1 Å². The number of nitrogens with one attached hydrogen (secondary N) is 2. The summed E-state index contributed by atoms with van der Waals surface area (Å²) in [7, 11) is 0. The molecular weight excluding hydrogens is 434 g/mol. The number of hydrogen-bond donors (Lipinski definition) is 3. The number of amides is 2. The largest absolute Gasteiger partial charge is 0.477 e. The molecule has 0 aliphatic heterocycles. The van der Waals surface area contributed by atoms with Crippen LogP contribution in [0.3, 0.4) is 0 Å². The van der Waals surface area contributed by atoms with Gasteiger partial charge in [-0.25, -0.2) is 18.4 Å². The maximum Gasteiger partial charge on any atom is 0.407 e. The van der Waals surface area contributed by atoms with Gasteiger partial charge in [0.1, 0.15) is 24.5 Å². The van der Waals surface area contributed by atoms with Crippen LogP contribution in [0.4, 0.5) is 19.3 Å². The quantitative estimate of drug-likeness (QED) is 0.522. The van der Waals surface area contributed by atoms with Gasteiger partial charge in [0.15, 0.2) is 5.82 Å². The second-order valence-electron chi connectivity index (χ2n) is 7.32. The Morgan fingerprint density at radius 1 is 0.909 bits per heavy atom. The number of carboxylic acids is 1. The van der Waals surface area contributed by atoms with Crippen LogP contribution in [0.2, 0.25) is 0 Å². The molecule has 0 aromatic heterocycles. The minimum absolute atomic E-state index is 0.0516. The molecule has 3 aromatic carbocycles. The Labute approximate surface area is 187 Å². The van der Waals surface area contributed by atoms with E-state index in [4.69, 9.17) is 9.84 Å². The topological polar surface area (TPSA) is 105 Å². The molecule has 1 aliphatic carbocycles. The third-order valence-electron chi connectivity index (χ3n) is 5.32. The zero-order chi connectivity index (χ0) is 23.5. The minimum atomic E-state index is -1.81. The Morgan fingerprint density at radius 2 is 1.52 bits per heavy atom. The van der Waals surface area contributed by atoms with E-state index < -0.39 is 47.4 Å². The molecule has 0 saturated carbocycles. The molecule has 0 saturated heterocycles. The Bertz CT molecular complexity index is 1220. The number of aromatic carboxylic acids is 1. The van der Waals surface area contributed by atoms with Gasteiger partial charge in [0.05, 0.1) is 5.69 Å². The number of alkyl carbamates (subject to hydrolysis) is 1. The summed E-state index contributed by atoms with van der Waals surface area (Å²) in [6.07, 6.45) is -0.849. The van der Waals surface area contributed by atoms with Crippen molar-refractivity contribution in [1.82, 2.24) is 5.32 Å². The lowest BCUT2D eigenvalue weighted by molar-refractivity contribution is -0.115. The lowest BCUT2D eigenvalue weighted by Gasteiger charge is -2.14. The van der Waals surface area contributed by atoms with Gasteiger partial charge in [0.25, 0.3) is 0 Å². The highest BCUT2D eigenvalue weighted by molar-refractivity contribution is 5.96. The summed E-state index contributed by atoms with van der Waals surface area (Å²) >= 11 is 0. The average Bonchev–Trinajstić information content (AvgIpc) is 3.12. The van der Waals surface area contributed by atoms with Gasteiger partial charge < -0.3 is 20.5 Å². The number of carboxylic acid groups (broad SMARTS) is 1. The first-order valence-corrected chi connectivity index (χ1v) is 9.96. The zero-order valence-corrected chi connectivity index (χ0v) is 17.1. The molecule has 4 rings (SSSR count). The zero-order valence-electron chi connectivity index (χ0n) is 17.1. The van der Waals surface area contributed by atoms with E-state index in [0.29, 0.717) is 0 Å². The number of carbonyl (C=O) groups excluding carboxylic acids is 2. The normalized spacial score (nSPS) is 11.9.